The Morgan fingerprint density at radius 3 is 2.20 bits per heavy atom. The molecule has 0 radical (unpaired) electrons. The Bertz CT molecular complexity index is 1450. The minimum atomic E-state index is -1.91. The molecule has 1 saturated heterocycles. The maximum absolute atomic E-state index is 14.7. The zero-order chi connectivity index (χ0) is 31.9. The molecule has 5 rings (SSSR count). The summed E-state index contributed by atoms with van der Waals surface area (Å²) in [5.74, 6) is -3.34. The quantitative estimate of drug-likeness (QED) is 0.268. The van der Waals surface area contributed by atoms with Crippen LogP contribution in [0.25, 0.3) is 6.08 Å². The van der Waals surface area contributed by atoms with Crippen molar-refractivity contribution in [2.45, 2.75) is 82.6 Å². The Morgan fingerprint density at radius 1 is 0.955 bits per heavy atom. The average Bonchev–Trinajstić information content (AvgIpc) is 3.17. The smallest absolute Gasteiger partial charge is 0.331 e. The molecule has 234 valence electrons. The predicted octanol–water partition coefficient (Wildman–Crippen LogP) is 3.83. The van der Waals surface area contributed by atoms with Crippen LogP contribution in [0, 0.1) is 11.3 Å². The first-order valence-electron chi connectivity index (χ1n) is 14.7. The highest BCUT2D eigenvalue weighted by Gasteiger charge is 2.87. The largest absolute Gasteiger partial charge is 0.482 e. The molecule has 1 heterocycles. The van der Waals surface area contributed by atoms with Crippen molar-refractivity contribution in [1.82, 2.24) is 0 Å². The normalized spacial score (nSPS) is 33.7. The number of fused-ring (bicyclic) bond motifs is 1. The minimum absolute atomic E-state index is 0.0436. The van der Waals surface area contributed by atoms with Crippen LogP contribution >= 0.6 is 0 Å². The van der Waals surface area contributed by atoms with E-state index in [1.807, 2.05) is 30.3 Å². The number of Topliss-reactive ketones (excluding diaryl/α,β-unsaturated/α-hetero) is 1. The lowest BCUT2D eigenvalue weighted by molar-refractivity contribution is -0.333. The number of ether oxygens (including phenoxy) is 5. The number of carbonyl (C=O) groups excluding carboxylic acids is 4. The van der Waals surface area contributed by atoms with Gasteiger partial charge in [-0.3, -0.25) is 14.4 Å². The van der Waals surface area contributed by atoms with Crippen molar-refractivity contribution in [3.63, 3.8) is 0 Å². The van der Waals surface area contributed by atoms with Crippen molar-refractivity contribution in [1.29, 1.82) is 0 Å². The molecular formula is C34H38O10. The predicted molar refractivity (Wildman–Crippen MR) is 157 cm³/mol. The van der Waals surface area contributed by atoms with E-state index in [1.165, 1.54) is 26.8 Å². The number of hydrogen-bond donors (Lipinski definition) is 1. The van der Waals surface area contributed by atoms with Gasteiger partial charge in [0.15, 0.2) is 17.5 Å². The van der Waals surface area contributed by atoms with Gasteiger partial charge in [0.1, 0.15) is 30.0 Å². The van der Waals surface area contributed by atoms with Gasteiger partial charge in [0.05, 0.1) is 17.1 Å². The summed E-state index contributed by atoms with van der Waals surface area (Å²) >= 11 is 0. The maximum Gasteiger partial charge on any atom is 0.331 e. The third-order valence-electron chi connectivity index (χ3n) is 9.14. The van der Waals surface area contributed by atoms with Crippen LogP contribution < -0.4 is 4.74 Å². The molecule has 10 nitrogen and oxygen atoms in total. The lowest BCUT2D eigenvalue weighted by Crippen LogP contribution is -2.83. The van der Waals surface area contributed by atoms with Gasteiger partial charge in [0.25, 0.3) is 0 Å². The van der Waals surface area contributed by atoms with Gasteiger partial charge in [-0.1, -0.05) is 48.5 Å². The van der Waals surface area contributed by atoms with Crippen LogP contribution in [0.1, 0.15) is 53.0 Å². The van der Waals surface area contributed by atoms with Crippen molar-refractivity contribution in [2.75, 3.05) is 6.61 Å². The van der Waals surface area contributed by atoms with E-state index in [9.17, 15) is 24.3 Å². The number of carbonyl (C=O) groups is 4. The summed E-state index contributed by atoms with van der Waals surface area (Å²) in [5, 5.41) is 12.3. The second kappa shape index (κ2) is 11.5. The second-order valence-corrected chi connectivity index (χ2v) is 12.5. The van der Waals surface area contributed by atoms with Crippen molar-refractivity contribution in [2.24, 2.45) is 11.3 Å². The molecule has 3 fully saturated rings. The van der Waals surface area contributed by atoms with E-state index in [0.29, 0.717) is 5.75 Å². The molecule has 2 aliphatic carbocycles. The molecule has 0 aromatic heterocycles. The lowest BCUT2D eigenvalue weighted by atomic mass is 9.46. The minimum Gasteiger partial charge on any atom is -0.482 e. The third-order valence-corrected chi connectivity index (χ3v) is 9.14. The first kappa shape index (κ1) is 31.4. The SMILES string of the molecule is CC(=O)OCC12[C@@H](OC(=O)/C=C/c3ccccc3)CC[C@](C)(O)C13OC(C)(C)C(C(=O)[C@H]2Oc1ccccc1)C3OC(C)=O. The molecule has 1 aliphatic heterocycles. The lowest BCUT2D eigenvalue weighted by Gasteiger charge is -2.64. The summed E-state index contributed by atoms with van der Waals surface area (Å²) < 4.78 is 30.9. The van der Waals surface area contributed by atoms with E-state index in [-0.39, 0.29) is 12.8 Å². The van der Waals surface area contributed by atoms with Gasteiger partial charge in [0, 0.05) is 19.9 Å². The Hall–Kier alpha value is -4.02. The molecule has 1 spiro atoms. The van der Waals surface area contributed by atoms with Gasteiger partial charge in [-0.05, 0) is 57.4 Å². The van der Waals surface area contributed by atoms with Crippen LogP contribution in [-0.2, 0) is 38.1 Å². The highest BCUT2D eigenvalue weighted by Crippen LogP contribution is 2.67. The zero-order valence-electron chi connectivity index (χ0n) is 25.5. The molecule has 2 saturated carbocycles. The van der Waals surface area contributed by atoms with Gasteiger partial charge in [-0.2, -0.15) is 0 Å². The van der Waals surface area contributed by atoms with Gasteiger partial charge in [-0.15, -0.1) is 0 Å². The molecule has 44 heavy (non-hydrogen) atoms. The molecule has 10 heteroatoms. The van der Waals surface area contributed by atoms with Gasteiger partial charge in [0.2, 0.25) is 0 Å². The zero-order valence-corrected chi connectivity index (χ0v) is 25.5. The second-order valence-electron chi connectivity index (χ2n) is 12.5. The monoisotopic (exact) mass is 606 g/mol. The fraction of sp³-hybridized carbons (Fsp3) is 0.471. The van der Waals surface area contributed by atoms with Crippen LogP contribution in [0.5, 0.6) is 5.75 Å². The highest BCUT2D eigenvalue weighted by molar-refractivity contribution is 5.92. The van der Waals surface area contributed by atoms with Crippen molar-refractivity contribution in [3.05, 3.63) is 72.3 Å². The summed E-state index contributed by atoms with van der Waals surface area (Å²) in [5.41, 5.74) is -6.03. The van der Waals surface area contributed by atoms with Gasteiger partial charge < -0.3 is 28.8 Å². The number of hydrogen-bond acceptors (Lipinski definition) is 10. The van der Waals surface area contributed by atoms with Crippen LogP contribution in [0.4, 0.5) is 0 Å². The Morgan fingerprint density at radius 2 is 1.59 bits per heavy atom. The van der Waals surface area contributed by atoms with E-state index in [1.54, 1.807) is 50.3 Å². The molecule has 1 N–H and O–H groups in total. The van der Waals surface area contributed by atoms with Crippen LogP contribution in [0.15, 0.2) is 66.7 Å². The molecule has 7 atom stereocenters. The van der Waals surface area contributed by atoms with Crippen LogP contribution in [0.3, 0.4) is 0 Å². The maximum atomic E-state index is 14.7. The molecule has 0 amide bonds. The fourth-order valence-electron chi connectivity index (χ4n) is 7.48. The number of aliphatic hydroxyl groups is 1. The van der Waals surface area contributed by atoms with Crippen LogP contribution in [0.2, 0.25) is 0 Å². The van der Waals surface area contributed by atoms with Crippen molar-refractivity contribution < 1.29 is 48.0 Å². The first-order chi connectivity index (χ1) is 20.7. The number of rotatable bonds is 8. The molecule has 3 aliphatic rings. The van der Waals surface area contributed by atoms with Crippen molar-refractivity contribution in [3.8, 4) is 5.75 Å². The molecule has 2 aromatic rings. The summed E-state index contributed by atoms with van der Waals surface area (Å²) in [4.78, 5) is 53.0. The summed E-state index contributed by atoms with van der Waals surface area (Å²) in [6.45, 7) is 6.76. The van der Waals surface area contributed by atoms with Crippen molar-refractivity contribution >= 4 is 29.8 Å². The summed E-state index contributed by atoms with van der Waals surface area (Å²) in [6, 6.07) is 17.7. The van der Waals surface area contributed by atoms with Gasteiger partial charge >= 0.3 is 17.9 Å². The molecule has 2 aromatic carbocycles. The summed E-state index contributed by atoms with van der Waals surface area (Å²) in [6.07, 6.45) is -0.979. The van der Waals surface area contributed by atoms with Gasteiger partial charge in [-0.25, -0.2) is 4.79 Å². The summed E-state index contributed by atoms with van der Waals surface area (Å²) in [7, 11) is 0. The third kappa shape index (κ3) is 5.09. The van der Waals surface area contributed by atoms with E-state index in [4.69, 9.17) is 23.7 Å². The standard InChI is InChI=1S/C34H38O10/c1-21(35)40-20-33-25(43-26(37)17-16-23-12-8-6-9-13-23)18-19-32(5,39)34(33)29(41-22(2)36)27(31(3,4)44-34)28(38)30(33)42-24-14-10-7-11-15-24/h6-17,25,27,29-30,39H,18-20H2,1-5H3/b17-16+/t25-,27?,29?,30+,32-,33?,34?/m0/s1. The molecular weight excluding hydrogens is 568 g/mol. The van der Waals surface area contributed by atoms with E-state index in [0.717, 1.165) is 5.56 Å². The van der Waals surface area contributed by atoms with E-state index >= 15 is 0 Å². The Labute approximate surface area is 256 Å². The molecule has 4 unspecified atom stereocenters. The average molecular weight is 607 g/mol. The fourth-order valence-corrected chi connectivity index (χ4v) is 7.48. The number of benzene rings is 2. The Kier molecular flexibility index (Phi) is 8.20. The highest BCUT2D eigenvalue weighted by atomic mass is 16.6. The van der Waals surface area contributed by atoms with Crippen LogP contribution in [-0.4, -0.2) is 70.5 Å². The van der Waals surface area contributed by atoms with E-state index < -0.39 is 76.7 Å². The topological polar surface area (TPSA) is 135 Å². The van der Waals surface area contributed by atoms with E-state index in [2.05, 4.69) is 0 Å². The first-order valence-corrected chi connectivity index (χ1v) is 14.7. The number of esters is 3. The number of para-hydroxylation sites is 1. The number of ketones is 1. The molecule has 2 bridgehead atoms. The Balaban J connectivity index is 1.72.